The van der Waals surface area contributed by atoms with Crippen LogP contribution in [-0.2, 0) is 6.42 Å². The van der Waals surface area contributed by atoms with Gasteiger partial charge in [0.25, 0.3) is 0 Å². The third-order valence-electron chi connectivity index (χ3n) is 2.19. The van der Waals surface area contributed by atoms with E-state index in [1.165, 1.54) is 11.1 Å². The molecule has 0 bridgehead atoms. The van der Waals surface area contributed by atoms with E-state index >= 15 is 0 Å². The molecule has 0 aromatic heterocycles. The molecule has 0 saturated carbocycles. The SMILES string of the molecule is Cc1cc(C)c2c(c1)CC2=O. The Morgan fingerprint density at radius 3 is 2.55 bits per heavy atom. The first-order valence-corrected chi connectivity index (χ1v) is 3.82. The third-order valence-corrected chi connectivity index (χ3v) is 2.19. The van der Waals surface area contributed by atoms with Crippen LogP contribution in [-0.4, -0.2) is 5.78 Å². The second-order valence-electron chi connectivity index (χ2n) is 3.22. The lowest BCUT2D eigenvalue weighted by molar-refractivity contribution is 0.0967. The number of carbonyl (C=O) groups excluding carboxylic acids is 1. The summed E-state index contributed by atoms with van der Waals surface area (Å²) in [6.45, 7) is 4.07. The van der Waals surface area contributed by atoms with E-state index in [9.17, 15) is 4.79 Å². The molecule has 0 atom stereocenters. The Hall–Kier alpha value is -1.11. The summed E-state index contributed by atoms with van der Waals surface area (Å²) in [6.07, 6.45) is 0.651. The van der Waals surface area contributed by atoms with Crippen molar-refractivity contribution in [3.05, 3.63) is 34.4 Å². The Morgan fingerprint density at radius 2 is 2.00 bits per heavy atom. The highest BCUT2D eigenvalue weighted by Gasteiger charge is 2.24. The van der Waals surface area contributed by atoms with Gasteiger partial charge in [-0.25, -0.2) is 0 Å². The van der Waals surface area contributed by atoms with Gasteiger partial charge in [-0.15, -0.1) is 0 Å². The van der Waals surface area contributed by atoms with Crippen LogP contribution in [0.4, 0.5) is 0 Å². The molecule has 0 unspecified atom stereocenters. The predicted molar refractivity (Wildman–Crippen MR) is 44.0 cm³/mol. The van der Waals surface area contributed by atoms with Crippen LogP contribution >= 0.6 is 0 Å². The predicted octanol–water partition coefficient (Wildman–Crippen LogP) is 2.04. The zero-order valence-electron chi connectivity index (χ0n) is 6.77. The van der Waals surface area contributed by atoms with Crippen LogP contribution in [0.1, 0.15) is 27.0 Å². The van der Waals surface area contributed by atoms with Gasteiger partial charge in [0.1, 0.15) is 0 Å². The first-order valence-electron chi connectivity index (χ1n) is 3.82. The number of benzene rings is 1. The third kappa shape index (κ3) is 0.805. The first-order chi connectivity index (χ1) is 5.18. The van der Waals surface area contributed by atoms with Crippen LogP contribution in [0.5, 0.6) is 0 Å². The number of carbonyl (C=O) groups is 1. The van der Waals surface area contributed by atoms with E-state index in [0.717, 1.165) is 11.1 Å². The van der Waals surface area contributed by atoms with Gasteiger partial charge in [-0.3, -0.25) is 4.79 Å². The molecule has 0 N–H and O–H groups in total. The lowest BCUT2D eigenvalue weighted by atomic mass is 9.83. The van der Waals surface area contributed by atoms with Crippen LogP contribution in [0.25, 0.3) is 0 Å². The molecule has 1 aromatic carbocycles. The zero-order valence-corrected chi connectivity index (χ0v) is 6.77. The fourth-order valence-electron chi connectivity index (χ4n) is 1.75. The minimum Gasteiger partial charge on any atom is -0.294 e. The Morgan fingerprint density at radius 1 is 1.27 bits per heavy atom. The summed E-state index contributed by atoms with van der Waals surface area (Å²) in [7, 11) is 0. The lowest BCUT2D eigenvalue weighted by Gasteiger charge is -2.20. The van der Waals surface area contributed by atoms with Crippen molar-refractivity contribution < 1.29 is 4.79 Å². The molecule has 1 aromatic rings. The monoisotopic (exact) mass is 146 g/mol. The number of hydrogen-bond acceptors (Lipinski definition) is 1. The zero-order chi connectivity index (χ0) is 8.01. The van der Waals surface area contributed by atoms with E-state index in [1.807, 2.05) is 6.92 Å². The Bertz CT molecular complexity index is 320. The van der Waals surface area contributed by atoms with Gasteiger partial charge in [-0.05, 0) is 25.0 Å². The summed E-state index contributed by atoms with van der Waals surface area (Å²) < 4.78 is 0. The second kappa shape index (κ2) is 1.94. The molecule has 11 heavy (non-hydrogen) atoms. The largest absolute Gasteiger partial charge is 0.294 e. The smallest absolute Gasteiger partial charge is 0.167 e. The molecular formula is C10H10O. The van der Waals surface area contributed by atoms with Gasteiger partial charge in [0, 0.05) is 12.0 Å². The Labute approximate surface area is 66.0 Å². The molecule has 0 heterocycles. The van der Waals surface area contributed by atoms with Crippen molar-refractivity contribution in [3.63, 3.8) is 0 Å². The molecule has 1 aliphatic rings. The summed E-state index contributed by atoms with van der Waals surface area (Å²) in [5, 5.41) is 0. The highest BCUT2D eigenvalue weighted by molar-refractivity contribution is 6.07. The number of Topliss-reactive ketones (excluding diaryl/α,β-unsaturated/α-hetero) is 1. The molecule has 1 heteroatoms. The molecule has 0 aliphatic heterocycles. The van der Waals surface area contributed by atoms with E-state index in [0.29, 0.717) is 12.2 Å². The fourth-order valence-corrected chi connectivity index (χ4v) is 1.75. The fraction of sp³-hybridized carbons (Fsp3) is 0.300. The summed E-state index contributed by atoms with van der Waals surface area (Å²) in [6, 6.07) is 4.17. The topological polar surface area (TPSA) is 17.1 Å². The number of rotatable bonds is 0. The molecule has 0 radical (unpaired) electrons. The van der Waals surface area contributed by atoms with Gasteiger partial charge in [0.15, 0.2) is 5.78 Å². The van der Waals surface area contributed by atoms with Gasteiger partial charge in [-0.2, -0.15) is 0 Å². The molecule has 56 valence electrons. The van der Waals surface area contributed by atoms with Crippen LogP contribution in [0, 0.1) is 13.8 Å². The minimum absolute atomic E-state index is 0.303. The van der Waals surface area contributed by atoms with Crippen LogP contribution in [0.15, 0.2) is 12.1 Å². The van der Waals surface area contributed by atoms with Crippen LogP contribution in [0.3, 0.4) is 0 Å². The highest BCUT2D eigenvalue weighted by Crippen LogP contribution is 2.27. The van der Waals surface area contributed by atoms with Gasteiger partial charge in [-0.1, -0.05) is 17.7 Å². The second-order valence-corrected chi connectivity index (χ2v) is 3.22. The van der Waals surface area contributed by atoms with Crippen molar-refractivity contribution in [2.24, 2.45) is 0 Å². The van der Waals surface area contributed by atoms with Crippen molar-refractivity contribution in [2.75, 3.05) is 0 Å². The number of hydrogen-bond donors (Lipinski definition) is 0. The normalized spacial score (nSPS) is 14.2. The maximum absolute atomic E-state index is 11.1. The maximum Gasteiger partial charge on any atom is 0.167 e. The molecule has 0 saturated heterocycles. The van der Waals surface area contributed by atoms with E-state index < -0.39 is 0 Å². The number of fused-ring (bicyclic) bond motifs is 1. The molecule has 0 spiro atoms. The van der Waals surface area contributed by atoms with E-state index in [1.54, 1.807) is 0 Å². The van der Waals surface area contributed by atoms with Crippen molar-refractivity contribution >= 4 is 5.78 Å². The summed E-state index contributed by atoms with van der Waals surface area (Å²) in [4.78, 5) is 11.1. The van der Waals surface area contributed by atoms with Crippen molar-refractivity contribution in [1.29, 1.82) is 0 Å². The molecule has 1 nitrogen and oxygen atoms in total. The van der Waals surface area contributed by atoms with E-state index in [-0.39, 0.29) is 0 Å². The molecule has 2 rings (SSSR count). The molecule has 0 fully saturated rings. The lowest BCUT2D eigenvalue weighted by Crippen LogP contribution is -2.20. The summed E-state index contributed by atoms with van der Waals surface area (Å²) >= 11 is 0. The first kappa shape index (κ1) is 6.59. The Kier molecular flexibility index (Phi) is 1.16. The molecule has 1 aliphatic carbocycles. The van der Waals surface area contributed by atoms with Crippen LogP contribution in [0.2, 0.25) is 0 Å². The van der Waals surface area contributed by atoms with Gasteiger partial charge >= 0.3 is 0 Å². The van der Waals surface area contributed by atoms with E-state index in [4.69, 9.17) is 0 Å². The van der Waals surface area contributed by atoms with Crippen molar-refractivity contribution in [2.45, 2.75) is 20.3 Å². The minimum atomic E-state index is 0.303. The average molecular weight is 146 g/mol. The van der Waals surface area contributed by atoms with Crippen molar-refractivity contribution in [1.82, 2.24) is 0 Å². The van der Waals surface area contributed by atoms with Crippen LogP contribution < -0.4 is 0 Å². The highest BCUT2D eigenvalue weighted by atomic mass is 16.1. The number of aryl methyl sites for hydroxylation is 2. The van der Waals surface area contributed by atoms with Gasteiger partial charge in [0.05, 0.1) is 0 Å². The molecule has 0 amide bonds. The summed E-state index contributed by atoms with van der Waals surface area (Å²) in [5.74, 6) is 0.303. The van der Waals surface area contributed by atoms with Crippen molar-refractivity contribution in [3.8, 4) is 0 Å². The summed E-state index contributed by atoms with van der Waals surface area (Å²) in [5.41, 5.74) is 4.59. The average Bonchev–Trinajstić information content (AvgIpc) is 1.83. The molecular weight excluding hydrogens is 136 g/mol. The number of ketones is 1. The Balaban J connectivity index is 2.67. The maximum atomic E-state index is 11.1. The van der Waals surface area contributed by atoms with Gasteiger partial charge < -0.3 is 0 Å². The standard InChI is InChI=1S/C10H10O/c1-6-3-7(2)10-8(4-6)5-9(10)11/h3-4H,5H2,1-2H3. The quantitative estimate of drug-likeness (QED) is 0.547. The van der Waals surface area contributed by atoms with Gasteiger partial charge in [0.2, 0.25) is 0 Å². The van der Waals surface area contributed by atoms with E-state index in [2.05, 4.69) is 19.1 Å².